The lowest BCUT2D eigenvalue weighted by Gasteiger charge is -2.20. The summed E-state index contributed by atoms with van der Waals surface area (Å²) in [6.07, 6.45) is 1.88. The van der Waals surface area contributed by atoms with Crippen molar-refractivity contribution >= 4 is 36.0 Å². The van der Waals surface area contributed by atoms with Gasteiger partial charge >= 0.3 is 6.09 Å². The highest BCUT2D eigenvalue weighted by Gasteiger charge is 2.15. The summed E-state index contributed by atoms with van der Waals surface area (Å²) in [6, 6.07) is 0. The molecule has 138 valence electrons. The Hall–Kier alpha value is -0.730. The van der Waals surface area contributed by atoms with Gasteiger partial charge in [-0.15, -0.1) is 24.0 Å². The predicted molar refractivity (Wildman–Crippen MR) is 108 cm³/mol. The number of carbonyl (C=O) groups excluding carboxylic acids is 1. The maximum absolute atomic E-state index is 11.5. The van der Waals surface area contributed by atoms with Gasteiger partial charge in [0.15, 0.2) is 5.96 Å². The van der Waals surface area contributed by atoms with Crippen molar-refractivity contribution in [2.75, 3.05) is 26.2 Å². The summed E-state index contributed by atoms with van der Waals surface area (Å²) in [5.74, 6) is 1.41. The second kappa shape index (κ2) is 13.7. The molecule has 0 aliphatic carbocycles. The van der Waals surface area contributed by atoms with Crippen LogP contribution in [0, 0.1) is 5.92 Å². The summed E-state index contributed by atoms with van der Waals surface area (Å²) in [5, 5.41) is 9.14. The first-order valence-corrected chi connectivity index (χ1v) is 8.31. The summed E-state index contributed by atoms with van der Waals surface area (Å²) >= 11 is 0. The van der Waals surface area contributed by atoms with Gasteiger partial charge in [0.1, 0.15) is 5.60 Å². The first-order chi connectivity index (χ1) is 10.3. The van der Waals surface area contributed by atoms with E-state index in [2.05, 4.69) is 34.8 Å². The van der Waals surface area contributed by atoms with Crippen molar-refractivity contribution in [2.45, 2.75) is 60.0 Å². The lowest BCUT2D eigenvalue weighted by Crippen LogP contribution is -2.42. The number of guanidine groups is 1. The largest absolute Gasteiger partial charge is 0.444 e. The average molecular weight is 442 g/mol. The zero-order valence-corrected chi connectivity index (χ0v) is 17.8. The van der Waals surface area contributed by atoms with Gasteiger partial charge in [-0.2, -0.15) is 0 Å². The standard InChI is InChI=1S/C16H34N4O2.HI/c1-7-13(8-2)12-20-14(17-9-3)18-10-11-19-15(21)22-16(4,5)6;/h13H,7-12H2,1-6H3,(H,19,21)(H2,17,18,20);1H. The van der Waals surface area contributed by atoms with Crippen LogP contribution in [0.5, 0.6) is 0 Å². The van der Waals surface area contributed by atoms with E-state index in [0.29, 0.717) is 19.0 Å². The molecule has 0 atom stereocenters. The van der Waals surface area contributed by atoms with Crippen molar-refractivity contribution in [3.63, 3.8) is 0 Å². The van der Waals surface area contributed by atoms with Crippen LogP contribution in [-0.4, -0.2) is 43.8 Å². The molecule has 0 aromatic heterocycles. The van der Waals surface area contributed by atoms with E-state index in [0.717, 1.165) is 31.9 Å². The number of rotatable bonds is 8. The average Bonchev–Trinajstić information content (AvgIpc) is 2.42. The first-order valence-electron chi connectivity index (χ1n) is 8.31. The molecule has 0 aromatic carbocycles. The fourth-order valence-electron chi connectivity index (χ4n) is 1.77. The van der Waals surface area contributed by atoms with E-state index in [-0.39, 0.29) is 24.0 Å². The van der Waals surface area contributed by atoms with E-state index in [9.17, 15) is 4.79 Å². The van der Waals surface area contributed by atoms with Crippen molar-refractivity contribution < 1.29 is 9.53 Å². The highest BCUT2D eigenvalue weighted by atomic mass is 127. The number of alkyl carbamates (subject to hydrolysis) is 1. The van der Waals surface area contributed by atoms with E-state index in [4.69, 9.17) is 4.74 Å². The molecule has 3 N–H and O–H groups in total. The van der Waals surface area contributed by atoms with Gasteiger partial charge in [0.25, 0.3) is 0 Å². The van der Waals surface area contributed by atoms with Crippen molar-refractivity contribution in [2.24, 2.45) is 10.9 Å². The van der Waals surface area contributed by atoms with E-state index < -0.39 is 11.7 Å². The third-order valence-electron chi connectivity index (χ3n) is 3.09. The summed E-state index contributed by atoms with van der Waals surface area (Å²) < 4.78 is 5.18. The molecule has 6 nitrogen and oxygen atoms in total. The SMILES string of the molecule is CCNC(=NCC(CC)CC)NCCNC(=O)OC(C)(C)C.I. The summed E-state index contributed by atoms with van der Waals surface area (Å²) in [6.45, 7) is 14.7. The molecule has 7 heteroatoms. The Morgan fingerprint density at radius 2 is 1.61 bits per heavy atom. The monoisotopic (exact) mass is 442 g/mol. The molecule has 0 rings (SSSR count). The number of halogens is 1. The van der Waals surface area contributed by atoms with Crippen LogP contribution in [0.2, 0.25) is 0 Å². The molecule has 0 unspecified atom stereocenters. The van der Waals surface area contributed by atoms with Crippen LogP contribution < -0.4 is 16.0 Å². The van der Waals surface area contributed by atoms with Crippen molar-refractivity contribution in [1.82, 2.24) is 16.0 Å². The van der Waals surface area contributed by atoms with Gasteiger partial charge in [0.05, 0.1) is 0 Å². The van der Waals surface area contributed by atoms with Gasteiger partial charge in [-0.3, -0.25) is 4.99 Å². The maximum atomic E-state index is 11.5. The highest BCUT2D eigenvalue weighted by Crippen LogP contribution is 2.07. The van der Waals surface area contributed by atoms with Gasteiger partial charge in [0.2, 0.25) is 0 Å². The second-order valence-electron chi connectivity index (χ2n) is 6.26. The normalized spacial score (nSPS) is 11.7. The van der Waals surface area contributed by atoms with Gasteiger partial charge in [-0.25, -0.2) is 4.79 Å². The number of aliphatic imine (C=N–C) groups is 1. The number of amides is 1. The van der Waals surface area contributed by atoms with E-state index >= 15 is 0 Å². The molecule has 0 radical (unpaired) electrons. The lowest BCUT2D eigenvalue weighted by molar-refractivity contribution is 0.0529. The molecule has 0 spiro atoms. The molecule has 0 saturated carbocycles. The summed E-state index contributed by atoms with van der Waals surface area (Å²) in [5.41, 5.74) is -0.469. The Bertz CT molecular complexity index is 339. The Labute approximate surface area is 158 Å². The van der Waals surface area contributed by atoms with E-state index in [1.165, 1.54) is 0 Å². The number of nitrogens with zero attached hydrogens (tertiary/aromatic N) is 1. The number of ether oxygens (including phenoxy) is 1. The quantitative estimate of drug-likeness (QED) is 0.234. The first kappa shape index (κ1) is 24.5. The lowest BCUT2D eigenvalue weighted by atomic mass is 10.0. The molecular formula is C16H35IN4O2. The van der Waals surface area contributed by atoms with E-state index in [1.807, 2.05) is 27.7 Å². The smallest absolute Gasteiger partial charge is 0.407 e. The second-order valence-corrected chi connectivity index (χ2v) is 6.26. The van der Waals surface area contributed by atoms with Crippen LogP contribution in [0.25, 0.3) is 0 Å². The minimum Gasteiger partial charge on any atom is -0.444 e. The third-order valence-corrected chi connectivity index (χ3v) is 3.09. The Kier molecular flexibility index (Phi) is 14.6. The molecule has 0 bridgehead atoms. The zero-order chi connectivity index (χ0) is 17.0. The van der Waals surface area contributed by atoms with Crippen LogP contribution in [0.4, 0.5) is 4.79 Å². The maximum Gasteiger partial charge on any atom is 0.407 e. The van der Waals surface area contributed by atoms with Gasteiger partial charge in [0, 0.05) is 26.2 Å². The van der Waals surface area contributed by atoms with Gasteiger partial charge in [-0.1, -0.05) is 26.7 Å². The summed E-state index contributed by atoms with van der Waals surface area (Å²) in [7, 11) is 0. The number of nitrogens with one attached hydrogen (secondary N) is 3. The van der Waals surface area contributed by atoms with Gasteiger partial charge < -0.3 is 20.7 Å². The number of carbonyl (C=O) groups is 1. The van der Waals surface area contributed by atoms with Crippen LogP contribution in [0.15, 0.2) is 4.99 Å². The Balaban J connectivity index is 0. The van der Waals surface area contributed by atoms with Gasteiger partial charge in [-0.05, 0) is 33.6 Å². The molecular weight excluding hydrogens is 407 g/mol. The van der Waals surface area contributed by atoms with Crippen LogP contribution >= 0.6 is 24.0 Å². The van der Waals surface area contributed by atoms with Crippen molar-refractivity contribution in [3.05, 3.63) is 0 Å². The van der Waals surface area contributed by atoms with E-state index in [1.54, 1.807) is 0 Å². The molecule has 0 saturated heterocycles. The molecule has 1 amide bonds. The summed E-state index contributed by atoms with van der Waals surface area (Å²) in [4.78, 5) is 16.1. The van der Waals surface area contributed by atoms with Crippen LogP contribution in [0.1, 0.15) is 54.4 Å². The Morgan fingerprint density at radius 3 is 2.09 bits per heavy atom. The molecule has 0 aromatic rings. The Morgan fingerprint density at radius 1 is 1.04 bits per heavy atom. The van der Waals surface area contributed by atoms with Crippen LogP contribution in [0.3, 0.4) is 0 Å². The fraction of sp³-hybridized carbons (Fsp3) is 0.875. The molecule has 0 aliphatic rings. The third kappa shape index (κ3) is 14.6. The highest BCUT2D eigenvalue weighted by molar-refractivity contribution is 14.0. The molecule has 0 heterocycles. The van der Waals surface area contributed by atoms with Crippen molar-refractivity contribution in [3.8, 4) is 0 Å². The topological polar surface area (TPSA) is 74.8 Å². The molecule has 0 fully saturated rings. The zero-order valence-electron chi connectivity index (χ0n) is 15.5. The number of hydrogen-bond donors (Lipinski definition) is 3. The predicted octanol–water partition coefficient (Wildman–Crippen LogP) is 3.12. The van der Waals surface area contributed by atoms with Crippen LogP contribution in [-0.2, 0) is 4.74 Å². The fourth-order valence-corrected chi connectivity index (χ4v) is 1.77. The van der Waals surface area contributed by atoms with Crippen molar-refractivity contribution in [1.29, 1.82) is 0 Å². The molecule has 0 aliphatic heterocycles. The molecule has 23 heavy (non-hydrogen) atoms. The minimum atomic E-state index is -0.469. The minimum absolute atomic E-state index is 0. The number of hydrogen-bond acceptors (Lipinski definition) is 3.